The van der Waals surface area contributed by atoms with Gasteiger partial charge < -0.3 is 0 Å². The van der Waals surface area contributed by atoms with Gasteiger partial charge in [-0.15, -0.1) is 0 Å². The molecule has 2 rings (SSSR count). The summed E-state index contributed by atoms with van der Waals surface area (Å²) in [7, 11) is 0. The Bertz CT molecular complexity index is 477. The van der Waals surface area contributed by atoms with Crippen LogP contribution in [-0.2, 0) is 0 Å². The van der Waals surface area contributed by atoms with Gasteiger partial charge >= 0.3 is 0 Å². The predicted molar refractivity (Wildman–Crippen MR) is 70.5 cm³/mol. The van der Waals surface area contributed by atoms with Gasteiger partial charge in [-0.1, -0.05) is 62.0 Å². The molecule has 0 heteroatoms. The molecular weight excluding hydrogens is 192 g/mol. The Morgan fingerprint density at radius 1 is 1.12 bits per heavy atom. The van der Waals surface area contributed by atoms with Gasteiger partial charge in [-0.25, -0.2) is 0 Å². The average Bonchev–Trinajstić information content (AvgIpc) is 2.35. The van der Waals surface area contributed by atoms with Crippen molar-refractivity contribution in [2.24, 2.45) is 0 Å². The molecule has 81 valence electrons. The van der Waals surface area contributed by atoms with Gasteiger partial charge in [-0.3, -0.25) is 0 Å². The summed E-state index contributed by atoms with van der Waals surface area (Å²) in [6.45, 7) is 7.78. The molecule has 0 bridgehead atoms. The first-order valence-electron chi connectivity index (χ1n) is 5.88. The molecule has 0 saturated carbocycles. The van der Waals surface area contributed by atoms with E-state index in [2.05, 4.69) is 49.4 Å². The topological polar surface area (TPSA) is 0 Å². The number of hydrogen-bond donors (Lipinski definition) is 0. The molecule has 0 spiro atoms. The molecule has 0 aliphatic rings. The van der Waals surface area contributed by atoms with Crippen molar-refractivity contribution in [1.82, 2.24) is 0 Å². The van der Waals surface area contributed by atoms with E-state index in [1.807, 2.05) is 0 Å². The summed E-state index contributed by atoms with van der Waals surface area (Å²) in [6.07, 6.45) is 3.85. The second-order valence-corrected chi connectivity index (χ2v) is 4.14. The molecule has 0 aliphatic carbocycles. The number of rotatable bonds is 4. The SMILES string of the molecule is [CH]=CCC(CC)c1cccc2ccccc12. The highest BCUT2D eigenvalue weighted by Crippen LogP contribution is 2.30. The van der Waals surface area contributed by atoms with E-state index in [-0.39, 0.29) is 0 Å². The van der Waals surface area contributed by atoms with Gasteiger partial charge in [0.1, 0.15) is 0 Å². The van der Waals surface area contributed by atoms with Crippen LogP contribution in [0.2, 0.25) is 0 Å². The smallest absolute Gasteiger partial charge is 0.0124 e. The molecule has 0 nitrogen and oxygen atoms in total. The van der Waals surface area contributed by atoms with E-state index in [4.69, 9.17) is 6.58 Å². The highest BCUT2D eigenvalue weighted by Gasteiger charge is 2.10. The Hall–Kier alpha value is -1.56. The van der Waals surface area contributed by atoms with Crippen LogP contribution in [0.15, 0.2) is 48.5 Å². The first kappa shape index (κ1) is 10.9. The van der Waals surface area contributed by atoms with Crippen LogP contribution in [0.5, 0.6) is 0 Å². The molecule has 1 radical (unpaired) electrons. The maximum absolute atomic E-state index is 5.56. The van der Waals surface area contributed by atoms with E-state index >= 15 is 0 Å². The Kier molecular flexibility index (Phi) is 3.40. The summed E-state index contributed by atoms with van der Waals surface area (Å²) in [5.41, 5.74) is 1.42. The van der Waals surface area contributed by atoms with E-state index in [9.17, 15) is 0 Å². The molecule has 2 aromatic rings. The van der Waals surface area contributed by atoms with Crippen LogP contribution in [0.3, 0.4) is 0 Å². The van der Waals surface area contributed by atoms with E-state index in [0.29, 0.717) is 5.92 Å². The van der Waals surface area contributed by atoms with Crippen LogP contribution < -0.4 is 0 Å². The van der Waals surface area contributed by atoms with E-state index in [1.165, 1.54) is 16.3 Å². The maximum atomic E-state index is 5.56. The third-order valence-electron chi connectivity index (χ3n) is 3.18. The first-order valence-corrected chi connectivity index (χ1v) is 5.88. The predicted octanol–water partition coefficient (Wildman–Crippen LogP) is 4.71. The molecular formula is C16H17. The van der Waals surface area contributed by atoms with Gasteiger partial charge in [0.05, 0.1) is 0 Å². The van der Waals surface area contributed by atoms with Gasteiger partial charge in [0.25, 0.3) is 0 Å². The maximum Gasteiger partial charge on any atom is -0.0124 e. The van der Waals surface area contributed by atoms with Crippen LogP contribution in [0.25, 0.3) is 10.8 Å². The fourth-order valence-corrected chi connectivity index (χ4v) is 2.28. The van der Waals surface area contributed by atoms with Crippen molar-refractivity contribution in [3.63, 3.8) is 0 Å². The monoisotopic (exact) mass is 209 g/mol. The number of fused-ring (bicyclic) bond motifs is 1. The van der Waals surface area contributed by atoms with Crippen molar-refractivity contribution >= 4 is 10.8 Å². The molecule has 0 amide bonds. The van der Waals surface area contributed by atoms with Crippen LogP contribution in [0, 0.1) is 6.58 Å². The molecule has 1 atom stereocenters. The summed E-state index contributed by atoms with van der Waals surface area (Å²) in [6, 6.07) is 15.1. The fraction of sp³-hybridized carbons (Fsp3) is 0.250. The zero-order valence-electron chi connectivity index (χ0n) is 9.69. The van der Waals surface area contributed by atoms with Crippen molar-refractivity contribution in [2.45, 2.75) is 25.7 Å². The number of hydrogen-bond acceptors (Lipinski definition) is 0. The summed E-state index contributed by atoms with van der Waals surface area (Å²) in [5.74, 6) is 0.538. The molecule has 0 fully saturated rings. The second-order valence-electron chi connectivity index (χ2n) is 4.14. The lowest BCUT2D eigenvalue weighted by Crippen LogP contribution is -1.96. The molecule has 2 aromatic carbocycles. The van der Waals surface area contributed by atoms with Crippen molar-refractivity contribution in [3.8, 4) is 0 Å². The van der Waals surface area contributed by atoms with Gasteiger partial charge in [-0.2, -0.15) is 0 Å². The van der Waals surface area contributed by atoms with Gasteiger partial charge in [0.15, 0.2) is 0 Å². The highest BCUT2D eigenvalue weighted by atomic mass is 14.1. The van der Waals surface area contributed by atoms with Crippen LogP contribution in [-0.4, -0.2) is 0 Å². The number of benzene rings is 2. The summed E-state index contributed by atoms with van der Waals surface area (Å²) < 4.78 is 0. The zero-order chi connectivity index (χ0) is 11.4. The van der Waals surface area contributed by atoms with E-state index < -0.39 is 0 Å². The molecule has 0 heterocycles. The third-order valence-corrected chi connectivity index (χ3v) is 3.18. The largest absolute Gasteiger partial charge is 0.0839 e. The summed E-state index contributed by atoms with van der Waals surface area (Å²) >= 11 is 0. The standard InChI is InChI=1S/C16H17/c1-3-8-13(4-2)15-12-7-10-14-9-5-6-11-16(14)15/h1,3,5-7,9-13H,4,8H2,2H3. The van der Waals surface area contributed by atoms with Crippen molar-refractivity contribution in [1.29, 1.82) is 0 Å². The van der Waals surface area contributed by atoms with Crippen molar-refractivity contribution in [3.05, 3.63) is 60.7 Å². The summed E-state index contributed by atoms with van der Waals surface area (Å²) in [5, 5.41) is 2.68. The molecule has 0 aliphatic heterocycles. The minimum atomic E-state index is 0.538. The lowest BCUT2D eigenvalue weighted by molar-refractivity contribution is 0.680. The van der Waals surface area contributed by atoms with Gasteiger partial charge in [-0.05, 0) is 35.1 Å². The second kappa shape index (κ2) is 4.98. The Balaban J connectivity index is 2.54. The average molecular weight is 209 g/mol. The normalized spacial score (nSPS) is 12.6. The van der Waals surface area contributed by atoms with Crippen molar-refractivity contribution < 1.29 is 0 Å². The molecule has 1 unspecified atom stereocenters. The number of allylic oxidation sites excluding steroid dienone is 1. The van der Waals surface area contributed by atoms with Crippen LogP contribution in [0.1, 0.15) is 31.2 Å². The summed E-state index contributed by atoms with van der Waals surface area (Å²) in [4.78, 5) is 0. The molecule has 0 aromatic heterocycles. The lowest BCUT2D eigenvalue weighted by Gasteiger charge is -2.15. The lowest BCUT2D eigenvalue weighted by atomic mass is 9.89. The van der Waals surface area contributed by atoms with E-state index in [1.54, 1.807) is 6.08 Å². The highest BCUT2D eigenvalue weighted by molar-refractivity contribution is 5.86. The molecule has 0 saturated heterocycles. The third kappa shape index (κ3) is 2.01. The Morgan fingerprint density at radius 2 is 1.88 bits per heavy atom. The quantitative estimate of drug-likeness (QED) is 0.684. The first-order chi connectivity index (χ1) is 7.86. The van der Waals surface area contributed by atoms with E-state index in [0.717, 1.165) is 12.8 Å². The van der Waals surface area contributed by atoms with Crippen LogP contribution in [0.4, 0.5) is 0 Å². The molecule has 0 N–H and O–H groups in total. The Labute approximate surface area is 97.6 Å². The Morgan fingerprint density at radius 3 is 2.62 bits per heavy atom. The minimum Gasteiger partial charge on any atom is -0.0839 e. The van der Waals surface area contributed by atoms with Crippen LogP contribution >= 0.6 is 0 Å². The van der Waals surface area contributed by atoms with Crippen molar-refractivity contribution in [2.75, 3.05) is 0 Å². The van der Waals surface area contributed by atoms with Gasteiger partial charge in [0.2, 0.25) is 0 Å². The zero-order valence-corrected chi connectivity index (χ0v) is 9.69. The van der Waals surface area contributed by atoms with Gasteiger partial charge in [0, 0.05) is 0 Å². The molecule has 16 heavy (non-hydrogen) atoms. The minimum absolute atomic E-state index is 0.538. The fourth-order valence-electron chi connectivity index (χ4n) is 2.28.